The number of carbonyl (C=O) groups is 1. The van der Waals surface area contributed by atoms with Crippen LogP contribution in [-0.2, 0) is 4.79 Å². The predicted octanol–water partition coefficient (Wildman–Crippen LogP) is 2.33. The van der Waals surface area contributed by atoms with Crippen LogP contribution in [-0.4, -0.2) is 23.4 Å². The first-order valence-electron chi connectivity index (χ1n) is 7.32. The first-order chi connectivity index (χ1) is 10.6. The minimum atomic E-state index is -0.599. The third-order valence-electron chi connectivity index (χ3n) is 3.74. The van der Waals surface area contributed by atoms with Gasteiger partial charge in [-0.25, -0.2) is 0 Å². The van der Waals surface area contributed by atoms with E-state index in [1.165, 1.54) is 24.6 Å². The van der Waals surface area contributed by atoms with Crippen molar-refractivity contribution < 1.29 is 9.72 Å². The normalized spacial score (nSPS) is 14.9. The van der Waals surface area contributed by atoms with Crippen LogP contribution in [0.25, 0.3) is 0 Å². The fourth-order valence-electron chi connectivity index (χ4n) is 2.60. The smallest absolute Gasteiger partial charge is 0.287 e. The van der Waals surface area contributed by atoms with Crippen molar-refractivity contribution in [3.05, 3.63) is 33.9 Å². The summed E-state index contributed by atoms with van der Waals surface area (Å²) in [6.07, 6.45) is 5.55. The zero-order chi connectivity index (χ0) is 15.9. The van der Waals surface area contributed by atoms with E-state index in [0.29, 0.717) is 5.69 Å². The summed E-state index contributed by atoms with van der Waals surface area (Å²) >= 11 is 0. The van der Waals surface area contributed by atoms with E-state index in [1.54, 1.807) is 6.07 Å². The molecule has 1 fully saturated rings. The fourth-order valence-corrected chi connectivity index (χ4v) is 2.60. The van der Waals surface area contributed by atoms with E-state index in [9.17, 15) is 14.9 Å². The number of nitrogens with zero attached hydrogens (tertiary/aromatic N) is 2. The second-order valence-electron chi connectivity index (χ2n) is 5.36. The van der Waals surface area contributed by atoms with Gasteiger partial charge in [0.15, 0.2) is 0 Å². The number of nitrogens with one attached hydrogen (secondary N) is 2. The third kappa shape index (κ3) is 4.19. The molecule has 7 nitrogen and oxygen atoms in total. The number of hydrogen-bond acceptors (Lipinski definition) is 5. The van der Waals surface area contributed by atoms with Crippen molar-refractivity contribution >= 4 is 17.3 Å². The zero-order valence-corrected chi connectivity index (χ0v) is 12.2. The molecule has 2 N–H and O–H groups in total. The molecule has 1 aromatic carbocycles. The van der Waals surface area contributed by atoms with Crippen LogP contribution in [0.3, 0.4) is 0 Å². The van der Waals surface area contributed by atoms with Gasteiger partial charge in [0, 0.05) is 17.8 Å². The fraction of sp³-hybridized carbons (Fsp3) is 0.467. The van der Waals surface area contributed by atoms with Gasteiger partial charge >= 0.3 is 0 Å². The molecule has 0 heterocycles. The van der Waals surface area contributed by atoms with Gasteiger partial charge in [-0.1, -0.05) is 19.3 Å². The molecule has 2 rings (SSSR count). The maximum atomic E-state index is 11.9. The first kappa shape index (κ1) is 15.8. The molecule has 0 unspecified atom stereocenters. The summed E-state index contributed by atoms with van der Waals surface area (Å²) in [6.45, 7) is 0.0825. The number of nitro benzene ring substituents is 1. The van der Waals surface area contributed by atoms with Crippen molar-refractivity contribution in [1.29, 1.82) is 5.26 Å². The molecule has 0 spiro atoms. The minimum Gasteiger partial charge on any atom is -0.376 e. The Hall–Kier alpha value is -2.62. The average molecular weight is 302 g/mol. The van der Waals surface area contributed by atoms with Crippen LogP contribution in [0.15, 0.2) is 18.2 Å². The van der Waals surface area contributed by atoms with Crippen LogP contribution in [0, 0.1) is 21.4 Å². The molecule has 7 heteroatoms. The Bertz CT molecular complexity index is 603. The summed E-state index contributed by atoms with van der Waals surface area (Å²) in [5.41, 5.74) is 0.253. The van der Waals surface area contributed by atoms with Crippen LogP contribution in [0.4, 0.5) is 11.4 Å². The topological polar surface area (TPSA) is 108 Å². The molecule has 1 aliphatic carbocycles. The van der Waals surface area contributed by atoms with E-state index in [-0.39, 0.29) is 29.7 Å². The molecule has 1 aliphatic rings. The number of nitriles is 1. The molecule has 22 heavy (non-hydrogen) atoms. The van der Waals surface area contributed by atoms with Crippen molar-refractivity contribution in [3.63, 3.8) is 0 Å². The predicted molar refractivity (Wildman–Crippen MR) is 81.3 cm³/mol. The molecular weight excluding hydrogens is 284 g/mol. The van der Waals surface area contributed by atoms with Gasteiger partial charge in [-0.2, -0.15) is 5.26 Å². The molecule has 0 saturated heterocycles. The van der Waals surface area contributed by atoms with Gasteiger partial charge in [0.05, 0.1) is 11.5 Å². The molecule has 0 aliphatic heterocycles. The summed E-state index contributed by atoms with van der Waals surface area (Å²) in [7, 11) is 0. The Labute approximate surface area is 128 Å². The van der Waals surface area contributed by atoms with E-state index in [4.69, 9.17) is 5.26 Å². The Morgan fingerprint density at radius 3 is 2.73 bits per heavy atom. The molecule has 1 saturated carbocycles. The second kappa shape index (κ2) is 7.41. The first-order valence-corrected chi connectivity index (χ1v) is 7.32. The van der Waals surface area contributed by atoms with Crippen LogP contribution < -0.4 is 10.6 Å². The maximum absolute atomic E-state index is 11.9. The third-order valence-corrected chi connectivity index (χ3v) is 3.74. The van der Waals surface area contributed by atoms with Crippen molar-refractivity contribution in [3.8, 4) is 6.07 Å². The van der Waals surface area contributed by atoms with Crippen molar-refractivity contribution in [1.82, 2.24) is 5.32 Å². The van der Waals surface area contributed by atoms with E-state index in [0.717, 1.165) is 25.7 Å². The molecule has 116 valence electrons. The van der Waals surface area contributed by atoms with Gasteiger partial charge in [0.1, 0.15) is 11.6 Å². The van der Waals surface area contributed by atoms with E-state index < -0.39 is 4.92 Å². The van der Waals surface area contributed by atoms with Crippen LogP contribution in [0.5, 0.6) is 0 Å². The maximum Gasteiger partial charge on any atom is 0.287 e. The largest absolute Gasteiger partial charge is 0.376 e. The Kier molecular flexibility index (Phi) is 5.31. The van der Waals surface area contributed by atoms with Crippen LogP contribution >= 0.6 is 0 Å². The van der Waals surface area contributed by atoms with Gasteiger partial charge in [-0.05, 0) is 25.0 Å². The number of hydrogen-bond donors (Lipinski definition) is 2. The Morgan fingerprint density at radius 2 is 2.09 bits per heavy atom. The summed E-state index contributed by atoms with van der Waals surface area (Å²) < 4.78 is 0. The molecule has 0 atom stereocenters. The highest BCUT2D eigenvalue weighted by Gasteiger charge is 2.16. The average Bonchev–Trinajstić information content (AvgIpc) is 2.53. The number of nitro groups is 1. The van der Waals surface area contributed by atoms with Gasteiger partial charge < -0.3 is 10.6 Å². The van der Waals surface area contributed by atoms with Crippen molar-refractivity contribution in [2.45, 2.75) is 38.1 Å². The zero-order valence-electron chi connectivity index (χ0n) is 12.2. The Morgan fingerprint density at radius 1 is 1.36 bits per heavy atom. The monoisotopic (exact) mass is 302 g/mol. The van der Waals surface area contributed by atoms with E-state index in [2.05, 4.69) is 10.6 Å². The SMILES string of the molecule is N#Cc1cc(NCC(=O)NC2CCCCC2)ccc1[N+](=O)[O-]. The highest BCUT2D eigenvalue weighted by atomic mass is 16.6. The number of rotatable bonds is 5. The van der Waals surface area contributed by atoms with E-state index in [1.807, 2.05) is 0 Å². The summed E-state index contributed by atoms with van der Waals surface area (Å²) in [4.78, 5) is 22.0. The van der Waals surface area contributed by atoms with Crippen molar-refractivity contribution in [2.75, 3.05) is 11.9 Å². The molecule has 0 bridgehead atoms. The molecular formula is C15H18N4O3. The molecule has 0 radical (unpaired) electrons. The molecule has 1 amide bonds. The summed E-state index contributed by atoms with van der Waals surface area (Å²) in [5.74, 6) is -0.108. The standard InChI is InChI=1S/C15H18N4O3/c16-9-11-8-13(6-7-14(11)19(21)22)17-10-15(20)18-12-4-2-1-3-5-12/h6-8,12,17H,1-5,10H2,(H,18,20). The van der Waals surface area contributed by atoms with Crippen LogP contribution in [0.2, 0.25) is 0 Å². The number of amides is 1. The quantitative estimate of drug-likeness (QED) is 0.641. The number of carbonyl (C=O) groups excluding carboxylic acids is 1. The Balaban J connectivity index is 1.89. The lowest BCUT2D eigenvalue weighted by Crippen LogP contribution is -2.39. The number of benzene rings is 1. The second-order valence-corrected chi connectivity index (χ2v) is 5.36. The highest BCUT2D eigenvalue weighted by molar-refractivity contribution is 5.81. The minimum absolute atomic E-state index is 0.0253. The number of anilines is 1. The van der Waals surface area contributed by atoms with E-state index >= 15 is 0 Å². The molecule has 1 aromatic rings. The summed E-state index contributed by atoms with van der Waals surface area (Å²) in [6, 6.07) is 6.17. The summed E-state index contributed by atoms with van der Waals surface area (Å²) in [5, 5.41) is 25.5. The van der Waals surface area contributed by atoms with Crippen molar-refractivity contribution in [2.24, 2.45) is 0 Å². The van der Waals surface area contributed by atoms with Gasteiger partial charge in [0.2, 0.25) is 5.91 Å². The van der Waals surface area contributed by atoms with Gasteiger partial charge in [-0.15, -0.1) is 0 Å². The van der Waals surface area contributed by atoms with Gasteiger partial charge in [0.25, 0.3) is 5.69 Å². The van der Waals surface area contributed by atoms with Gasteiger partial charge in [-0.3, -0.25) is 14.9 Å². The lowest BCUT2D eigenvalue weighted by atomic mass is 9.95. The highest BCUT2D eigenvalue weighted by Crippen LogP contribution is 2.21. The lowest BCUT2D eigenvalue weighted by Gasteiger charge is -2.22. The molecule has 0 aromatic heterocycles. The van der Waals surface area contributed by atoms with Crippen LogP contribution in [0.1, 0.15) is 37.7 Å². The lowest BCUT2D eigenvalue weighted by molar-refractivity contribution is -0.385.